The fourth-order valence-electron chi connectivity index (χ4n) is 3.71. The molecule has 5 heteroatoms. The molecule has 0 saturated heterocycles. The van der Waals surface area contributed by atoms with Crippen molar-refractivity contribution in [3.63, 3.8) is 0 Å². The van der Waals surface area contributed by atoms with Gasteiger partial charge in [-0.05, 0) is 38.5 Å². The van der Waals surface area contributed by atoms with Gasteiger partial charge in [-0.25, -0.2) is 0 Å². The number of aryl methyl sites for hydroxylation is 1. The van der Waals surface area contributed by atoms with Gasteiger partial charge in [-0.2, -0.15) is 5.10 Å². The van der Waals surface area contributed by atoms with Crippen molar-refractivity contribution in [3.8, 4) is 0 Å². The van der Waals surface area contributed by atoms with Gasteiger partial charge in [-0.15, -0.1) is 0 Å². The van der Waals surface area contributed by atoms with E-state index in [9.17, 15) is 9.90 Å². The lowest BCUT2D eigenvalue weighted by atomic mass is 9.64. The van der Waals surface area contributed by atoms with E-state index in [0.717, 1.165) is 22.5 Å². The molecule has 1 aromatic heterocycles. The predicted octanol–water partition coefficient (Wildman–Crippen LogP) is 3.02. The minimum atomic E-state index is -1.12. The summed E-state index contributed by atoms with van der Waals surface area (Å²) in [5.41, 5.74) is 2.64. The average molecular weight is 319 g/mol. The van der Waals surface area contributed by atoms with Gasteiger partial charge >= 0.3 is 0 Å². The van der Waals surface area contributed by atoms with Crippen molar-refractivity contribution in [2.75, 3.05) is 0 Å². The fourth-order valence-corrected chi connectivity index (χ4v) is 3.84. The second-order valence-electron chi connectivity index (χ2n) is 6.36. The molecule has 0 unspecified atom stereocenters. The van der Waals surface area contributed by atoms with E-state index in [1.54, 1.807) is 13.8 Å². The third-order valence-corrected chi connectivity index (χ3v) is 4.83. The van der Waals surface area contributed by atoms with Crippen LogP contribution < -0.4 is 0 Å². The Morgan fingerprint density at radius 1 is 1.41 bits per heavy atom. The molecule has 0 aliphatic heterocycles. The van der Waals surface area contributed by atoms with Crippen LogP contribution in [0.15, 0.2) is 24.3 Å². The summed E-state index contributed by atoms with van der Waals surface area (Å²) in [5.74, 6) is -0.735. The number of benzene rings is 1. The molecule has 2 N–H and O–H groups in total. The standard InChI is InChI=1S/C17H19ClN2O2/c1-9-14-13(20-19-9)8-17(3,22)16(10(2)21)15(14)11-4-6-12(18)7-5-11/h4-7,15-16,22H,8H2,1-3H3,(H,19,20)/t15-,16-,17+/m0/s1. The van der Waals surface area contributed by atoms with E-state index in [2.05, 4.69) is 10.2 Å². The molecule has 2 aromatic rings. The molecule has 3 rings (SSSR count). The van der Waals surface area contributed by atoms with Crippen molar-refractivity contribution in [1.29, 1.82) is 0 Å². The largest absolute Gasteiger partial charge is 0.389 e. The number of halogens is 1. The Morgan fingerprint density at radius 3 is 2.64 bits per heavy atom. The van der Waals surface area contributed by atoms with Crippen LogP contribution in [0.1, 0.15) is 42.3 Å². The minimum Gasteiger partial charge on any atom is -0.389 e. The number of hydrogen-bond donors (Lipinski definition) is 2. The molecule has 0 amide bonds. The van der Waals surface area contributed by atoms with Crippen LogP contribution in [0.3, 0.4) is 0 Å². The van der Waals surface area contributed by atoms with Crippen LogP contribution in [-0.4, -0.2) is 26.7 Å². The normalized spacial score (nSPS) is 27.5. The summed E-state index contributed by atoms with van der Waals surface area (Å²) in [6, 6.07) is 7.46. The maximum atomic E-state index is 12.3. The van der Waals surface area contributed by atoms with Gasteiger partial charge in [0.25, 0.3) is 0 Å². The van der Waals surface area contributed by atoms with Gasteiger partial charge in [0.2, 0.25) is 0 Å². The SMILES string of the molecule is CC(=O)[C@H]1[C@@H](c2ccc(Cl)cc2)c2c(n[nH]c2C)C[C@@]1(C)O. The summed E-state index contributed by atoms with van der Waals surface area (Å²) in [6.45, 7) is 5.21. The summed E-state index contributed by atoms with van der Waals surface area (Å²) in [6.07, 6.45) is 0.376. The van der Waals surface area contributed by atoms with E-state index in [4.69, 9.17) is 11.6 Å². The van der Waals surface area contributed by atoms with Crippen LogP contribution >= 0.6 is 11.6 Å². The Bertz CT molecular complexity index is 719. The number of rotatable bonds is 2. The van der Waals surface area contributed by atoms with Gasteiger partial charge in [-0.1, -0.05) is 23.7 Å². The highest BCUT2D eigenvalue weighted by atomic mass is 35.5. The molecule has 4 nitrogen and oxygen atoms in total. The molecule has 116 valence electrons. The quantitative estimate of drug-likeness (QED) is 0.894. The predicted molar refractivity (Wildman–Crippen MR) is 85.1 cm³/mol. The molecule has 0 radical (unpaired) electrons. The highest BCUT2D eigenvalue weighted by Crippen LogP contribution is 2.46. The van der Waals surface area contributed by atoms with Crippen LogP contribution in [-0.2, 0) is 11.2 Å². The number of hydrogen-bond acceptors (Lipinski definition) is 3. The Balaban J connectivity index is 2.23. The van der Waals surface area contributed by atoms with Crippen LogP contribution in [0.5, 0.6) is 0 Å². The van der Waals surface area contributed by atoms with E-state index in [-0.39, 0.29) is 11.7 Å². The molecule has 3 atom stereocenters. The van der Waals surface area contributed by atoms with E-state index in [0.29, 0.717) is 11.4 Å². The zero-order valence-electron chi connectivity index (χ0n) is 12.9. The topological polar surface area (TPSA) is 66.0 Å². The lowest BCUT2D eigenvalue weighted by Crippen LogP contribution is -2.48. The first-order valence-corrected chi connectivity index (χ1v) is 7.71. The number of Topliss-reactive ketones (excluding diaryl/α,β-unsaturated/α-hetero) is 1. The van der Waals surface area contributed by atoms with Crippen LogP contribution in [0, 0.1) is 12.8 Å². The van der Waals surface area contributed by atoms with E-state index < -0.39 is 11.5 Å². The summed E-state index contributed by atoms with van der Waals surface area (Å²) in [7, 11) is 0. The number of carbonyl (C=O) groups excluding carboxylic acids is 1. The number of aliphatic hydroxyl groups is 1. The Hall–Kier alpha value is -1.65. The lowest BCUT2D eigenvalue weighted by molar-refractivity contribution is -0.130. The van der Waals surface area contributed by atoms with Crippen LogP contribution in [0.2, 0.25) is 5.02 Å². The number of aromatic nitrogens is 2. The first-order chi connectivity index (χ1) is 10.3. The summed E-state index contributed by atoms with van der Waals surface area (Å²) >= 11 is 5.98. The maximum absolute atomic E-state index is 12.3. The number of nitrogens with zero attached hydrogens (tertiary/aromatic N) is 1. The second kappa shape index (κ2) is 5.21. The Labute approximate surface area is 134 Å². The van der Waals surface area contributed by atoms with Crippen molar-refractivity contribution in [2.45, 2.75) is 38.7 Å². The smallest absolute Gasteiger partial charge is 0.136 e. The van der Waals surface area contributed by atoms with Crippen molar-refractivity contribution in [2.24, 2.45) is 5.92 Å². The fraction of sp³-hybridized carbons (Fsp3) is 0.412. The number of aromatic amines is 1. The number of nitrogens with one attached hydrogen (secondary N) is 1. The van der Waals surface area contributed by atoms with Crippen LogP contribution in [0.4, 0.5) is 0 Å². The zero-order valence-corrected chi connectivity index (χ0v) is 13.6. The number of ketones is 1. The third kappa shape index (κ3) is 2.36. The van der Waals surface area contributed by atoms with Gasteiger partial charge in [-0.3, -0.25) is 9.89 Å². The van der Waals surface area contributed by atoms with Crippen molar-refractivity contribution in [3.05, 3.63) is 51.8 Å². The molecule has 1 aliphatic rings. The zero-order chi connectivity index (χ0) is 16.1. The summed E-state index contributed by atoms with van der Waals surface area (Å²) in [5, 5.41) is 18.8. The molecule has 22 heavy (non-hydrogen) atoms. The van der Waals surface area contributed by atoms with Gasteiger partial charge in [0.1, 0.15) is 5.78 Å². The van der Waals surface area contributed by atoms with Gasteiger partial charge in [0, 0.05) is 28.6 Å². The van der Waals surface area contributed by atoms with Gasteiger partial charge in [0.15, 0.2) is 0 Å². The number of carbonyl (C=O) groups is 1. The third-order valence-electron chi connectivity index (χ3n) is 4.58. The molecule has 0 spiro atoms. The molecule has 1 aromatic carbocycles. The maximum Gasteiger partial charge on any atom is 0.136 e. The highest BCUT2D eigenvalue weighted by molar-refractivity contribution is 6.30. The van der Waals surface area contributed by atoms with Gasteiger partial charge < -0.3 is 5.11 Å². The first-order valence-electron chi connectivity index (χ1n) is 7.33. The van der Waals surface area contributed by atoms with Gasteiger partial charge in [0.05, 0.1) is 17.2 Å². The highest BCUT2D eigenvalue weighted by Gasteiger charge is 2.48. The second-order valence-corrected chi connectivity index (χ2v) is 6.80. The first kappa shape index (κ1) is 15.3. The molecular formula is C17H19ClN2O2. The average Bonchev–Trinajstić information content (AvgIpc) is 2.77. The lowest BCUT2D eigenvalue weighted by Gasteiger charge is -2.41. The molecule has 1 aliphatic carbocycles. The number of H-pyrrole nitrogens is 1. The minimum absolute atomic E-state index is 0.0174. The molecule has 0 fully saturated rings. The molecule has 0 saturated carbocycles. The Kier molecular flexibility index (Phi) is 3.62. The molecule has 1 heterocycles. The molecular weight excluding hydrogens is 300 g/mol. The van der Waals surface area contributed by atoms with E-state index >= 15 is 0 Å². The Morgan fingerprint density at radius 2 is 2.05 bits per heavy atom. The summed E-state index contributed by atoms with van der Waals surface area (Å²) < 4.78 is 0. The summed E-state index contributed by atoms with van der Waals surface area (Å²) in [4.78, 5) is 12.3. The van der Waals surface area contributed by atoms with E-state index in [1.165, 1.54) is 0 Å². The van der Waals surface area contributed by atoms with Crippen molar-refractivity contribution < 1.29 is 9.90 Å². The van der Waals surface area contributed by atoms with Crippen molar-refractivity contribution >= 4 is 17.4 Å². The molecule has 0 bridgehead atoms. The number of fused-ring (bicyclic) bond motifs is 1. The van der Waals surface area contributed by atoms with Crippen molar-refractivity contribution in [1.82, 2.24) is 10.2 Å². The monoisotopic (exact) mass is 318 g/mol. The van der Waals surface area contributed by atoms with Crippen LogP contribution in [0.25, 0.3) is 0 Å². The van der Waals surface area contributed by atoms with E-state index in [1.807, 2.05) is 31.2 Å².